The van der Waals surface area contributed by atoms with Gasteiger partial charge < -0.3 is 0 Å². The summed E-state index contributed by atoms with van der Waals surface area (Å²) in [6.45, 7) is 0.274. The van der Waals surface area contributed by atoms with E-state index in [4.69, 9.17) is 0 Å². The summed E-state index contributed by atoms with van der Waals surface area (Å²) in [5, 5.41) is 9.75. The van der Waals surface area contributed by atoms with Crippen molar-refractivity contribution in [3.05, 3.63) is 24.2 Å². The molecule has 1 aliphatic rings. The fourth-order valence-electron chi connectivity index (χ4n) is 1.99. The smallest absolute Gasteiger partial charge is 0.298 e. The van der Waals surface area contributed by atoms with Crippen LogP contribution in [0.5, 0.6) is 0 Å². The predicted octanol–water partition coefficient (Wildman–Crippen LogP) is -0.0119. The highest BCUT2D eigenvalue weighted by molar-refractivity contribution is 6.06. The molecule has 96 valence electrons. The molecule has 3 rings (SSSR count). The molecule has 0 spiro atoms. The first-order chi connectivity index (χ1) is 9.19. The van der Waals surface area contributed by atoms with Gasteiger partial charge in [0.05, 0.1) is 11.3 Å². The monoisotopic (exact) mass is 259 g/mol. The molecule has 1 fully saturated rings. The quantitative estimate of drug-likeness (QED) is 0.765. The lowest BCUT2D eigenvalue weighted by Gasteiger charge is -2.26. The molecule has 2 aromatic heterocycles. The zero-order valence-electron chi connectivity index (χ0n) is 9.74. The van der Waals surface area contributed by atoms with Crippen LogP contribution in [-0.4, -0.2) is 39.4 Å². The number of anilines is 1. The van der Waals surface area contributed by atoms with Crippen molar-refractivity contribution in [3.8, 4) is 0 Å². The summed E-state index contributed by atoms with van der Waals surface area (Å²) in [6.07, 6.45) is 3.96. The summed E-state index contributed by atoms with van der Waals surface area (Å²) >= 11 is 0. The van der Waals surface area contributed by atoms with Crippen molar-refractivity contribution in [3.63, 3.8) is 0 Å². The van der Waals surface area contributed by atoms with Crippen LogP contribution in [0.3, 0.4) is 0 Å². The maximum absolute atomic E-state index is 11.7. The Kier molecular flexibility index (Phi) is 2.48. The molecule has 3 heterocycles. The molecule has 3 amide bonds. The van der Waals surface area contributed by atoms with Gasteiger partial charge >= 0.3 is 6.03 Å². The number of pyridine rings is 1. The fourth-order valence-corrected chi connectivity index (χ4v) is 1.99. The van der Waals surface area contributed by atoms with Gasteiger partial charge in [-0.25, -0.2) is 4.79 Å². The molecule has 1 aliphatic heterocycles. The molecule has 0 aromatic carbocycles. The highest BCUT2D eigenvalue weighted by Crippen LogP contribution is 2.20. The molecule has 0 aliphatic carbocycles. The number of nitrogens with one attached hydrogen (secondary N) is 1. The van der Waals surface area contributed by atoms with Crippen molar-refractivity contribution in [2.24, 2.45) is 0 Å². The number of urea groups is 1. The number of imide groups is 1. The molecule has 8 heteroatoms. The highest BCUT2D eigenvalue weighted by Gasteiger charge is 2.25. The van der Waals surface area contributed by atoms with Crippen LogP contribution < -0.4 is 10.2 Å². The lowest BCUT2D eigenvalue weighted by Crippen LogP contribution is -2.49. The first kappa shape index (κ1) is 11.3. The van der Waals surface area contributed by atoms with E-state index in [2.05, 4.69) is 15.5 Å². The molecule has 0 saturated carbocycles. The topological polar surface area (TPSA) is 96.7 Å². The number of carbonyl (C=O) groups is 3. The Morgan fingerprint density at radius 3 is 2.95 bits per heavy atom. The number of hydrogen-bond acceptors (Lipinski definition) is 5. The van der Waals surface area contributed by atoms with E-state index in [1.54, 1.807) is 16.7 Å². The zero-order valence-corrected chi connectivity index (χ0v) is 9.74. The minimum Gasteiger partial charge on any atom is -0.298 e. The lowest BCUT2D eigenvalue weighted by atomic mass is 10.2. The Morgan fingerprint density at radius 2 is 2.21 bits per heavy atom. The van der Waals surface area contributed by atoms with Gasteiger partial charge in [-0.1, -0.05) is 0 Å². The van der Waals surface area contributed by atoms with Gasteiger partial charge in [-0.05, 0) is 6.07 Å². The highest BCUT2D eigenvalue weighted by atomic mass is 16.2. The van der Waals surface area contributed by atoms with E-state index < -0.39 is 6.03 Å². The third-order valence-corrected chi connectivity index (χ3v) is 2.90. The van der Waals surface area contributed by atoms with Gasteiger partial charge in [-0.15, -0.1) is 10.2 Å². The second-order valence-corrected chi connectivity index (χ2v) is 4.09. The normalized spacial score (nSPS) is 15.7. The maximum atomic E-state index is 11.7. The van der Waals surface area contributed by atoms with Crippen molar-refractivity contribution in [2.45, 2.75) is 6.42 Å². The average Bonchev–Trinajstić information content (AvgIpc) is 2.85. The Bertz CT molecular complexity index is 693. The Morgan fingerprint density at radius 1 is 1.37 bits per heavy atom. The Hall–Kier alpha value is -2.77. The van der Waals surface area contributed by atoms with Gasteiger partial charge in [0.15, 0.2) is 11.9 Å². The summed E-state index contributed by atoms with van der Waals surface area (Å²) in [5.74, 6) is -0.303. The van der Waals surface area contributed by atoms with Crippen LogP contribution >= 0.6 is 0 Å². The minimum absolute atomic E-state index is 0.225. The zero-order chi connectivity index (χ0) is 13.4. The molecule has 0 unspecified atom stereocenters. The van der Waals surface area contributed by atoms with E-state index in [-0.39, 0.29) is 18.9 Å². The van der Waals surface area contributed by atoms with Crippen LogP contribution in [0.4, 0.5) is 10.5 Å². The summed E-state index contributed by atoms with van der Waals surface area (Å²) in [5.41, 5.74) is 1.27. The first-order valence-electron chi connectivity index (χ1n) is 5.59. The summed E-state index contributed by atoms with van der Waals surface area (Å²) in [6, 6.07) is 1.05. The second kappa shape index (κ2) is 4.16. The molecular formula is C11H9N5O3. The van der Waals surface area contributed by atoms with Crippen LogP contribution in [-0.2, 0) is 4.79 Å². The van der Waals surface area contributed by atoms with Gasteiger partial charge in [0, 0.05) is 19.2 Å². The first-order valence-corrected chi connectivity index (χ1v) is 5.59. The summed E-state index contributed by atoms with van der Waals surface area (Å²) < 4.78 is 1.56. The van der Waals surface area contributed by atoms with Crippen LogP contribution in [0, 0.1) is 0 Å². The molecule has 2 aromatic rings. The molecule has 19 heavy (non-hydrogen) atoms. The molecule has 1 N–H and O–H groups in total. The van der Waals surface area contributed by atoms with E-state index in [0.717, 1.165) is 0 Å². The third-order valence-electron chi connectivity index (χ3n) is 2.90. The molecule has 8 nitrogen and oxygen atoms in total. The van der Waals surface area contributed by atoms with E-state index in [9.17, 15) is 14.4 Å². The summed E-state index contributed by atoms with van der Waals surface area (Å²) in [7, 11) is 0. The minimum atomic E-state index is -0.500. The molecule has 0 radical (unpaired) electrons. The van der Waals surface area contributed by atoms with Crippen molar-refractivity contribution in [1.82, 2.24) is 19.9 Å². The van der Waals surface area contributed by atoms with Gasteiger partial charge in [0.2, 0.25) is 5.91 Å². The van der Waals surface area contributed by atoms with E-state index in [1.807, 2.05) is 0 Å². The maximum Gasteiger partial charge on any atom is 0.328 e. The molecule has 0 bridgehead atoms. The standard InChI is InChI=1S/C11H9N5O3/c17-5-7-3-8(4-15-6-12-14-10(7)15)16-2-1-9(18)13-11(16)19/h3-6H,1-2H2,(H,13,18,19). The molecule has 0 atom stereocenters. The number of amides is 3. The van der Waals surface area contributed by atoms with E-state index in [0.29, 0.717) is 23.2 Å². The van der Waals surface area contributed by atoms with Crippen molar-refractivity contribution in [1.29, 1.82) is 0 Å². The molecule has 1 saturated heterocycles. The predicted molar refractivity (Wildman–Crippen MR) is 63.9 cm³/mol. The van der Waals surface area contributed by atoms with Gasteiger partial charge in [-0.2, -0.15) is 0 Å². The van der Waals surface area contributed by atoms with E-state index >= 15 is 0 Å². The van der Waals surface area contributed by atoms with Crippen molar-refractivity contribution in [2.75, 3.05) is 11.4 Å². The van der Waals surface area contributed by atoms with Crippen molar-refractivity contribution < 1.29 is 14.4 Å². The third kappa shape index (κ3) is 1.82. The van der Waals surface area contributed by atoms with Crippen LogP contribution in [0.2, 0.25) is 0 Å². The number of rotatable bonds is 2. The molecular weight excluding hydrogens is 250 g/mol. The van der Waals surface area contributed by atoms with Crippen LogP contribution in [0.15, 0.2) is 18.6 Å². The van der Waals surface area contributed by atoms with Crippen molar-refractivity contribution >= 4 is 29.6 Å². The number of carbonyl (C=O) groups excluding carboxylic acids is 3. The number of aromatic nitrogens is 3. The van der Waals surface area contributed by atoms with Gasteiger partial charge in [-0.3, -0.25) is 24.2 Å². The Balaban J connectivity index is 2.07. The number of nitrogens with zero attached hydrogens (tertiary/aromatic N) is 4. The van der Waals surface area contributed by atoms with Crippen LogP contribution in [0.25, 0.3) is 5.65 Å². The van der Waals surface area contributed by atoms with Gasteiger partial charge in [0.25, 0.3) is 0 Å². The van der Waals surface area contributed by atoms with E-state index in [1.165, 1.54) is 11.2 Å². The Labute approximate surface area is 107 Å². The SMILES string of the molecule is O=Cc1cc(N2CCC(=O)NC2=O)cn2cnnc12. The number of aldehydes is 1. The fraction of sp³-hybridized carbons (Fsp3) is 0.182. The van der Waals surface area contributed by atoms with Crippen LogP contribution in [0.1, 0.15) is 16.8 Å². The largest absolute Gasteiger partial charge is 0.328 e. The lowest BCUT2D eigenvalue weighted by molar-refractivity contribution is -0.120. The second-order valence-electron chi connectivity index (χ2n) is 4.09. The van der Waals surface area contributed by atoms with Gasteiger partial charge in [0.1, 0.15) is 6.33 Å². The number of fused-ring (bicyclic) bond motifs is 1. The summed E-state index contributed by atoms with van der Waals surface area (Å²) in [4.78, 5) is 35.3. The number of hydrogen-bond donors (Lipinski definition) is 1. The average molecular weight is 259 g/mol.